The molecular formula is C16H20FNO3. The summed E-state index contributed by atoms with van der Waals surface area (Å²) in [4.78, 5) is 22.8. The van der Waals surface area contributed by atoms with Crippen molar-refractivity contribution in [2.75, 3.05) is 6.54 Å². The smallest absolute Gasteiger partial charge is 0.306 e. The molecule has 1 aromatic rings. The van der Waals surface area contributed by atoms with Gasteiger partial charge in [0.2, 0.25) is 5.91 Å². The van der Waals surface area contributed by atoms with E-state index in [1.54, 1.807) is 12.1 Å². The first-order chi connectivity index (χ1) is 10.1. The normalized spacial score (nSPS) is 21.2. The van der Waals surface area contributed by atoms with E-state index in [4.69, 9.17) is 5.11 Å². The molecule has 0 aromatic heterocycles. The summed E-state index contributed by atoms with van der Waals surface area (Å²) >= 11 is 0. The van der Waals surface area contributed by atoms with E-state index in [0.717, 1.165) is 18.4 Å². The Labute approximate surface area is 123 Å². The van der Waals surface area contributed by atoms with Crippen molar-refractivity contribution in [3.8, 4) is 0 Å². The van der Waals surface area contributed by atoms with E-state index < -0.39 is 5.97 Å². The Hall–Kier alpha value is -1.91. The molecule has 1 aliphatic rings. The van der Waals surface area contributed by atoms with E-state index in [-0.39, 0.29) is 23.6 Å². The second-order valence-electron chi connectivity index (χ2n) is 5.57. The van der Waals surface area contributed by atoms with E-state index in [0.29, 0.717) is 25.8 Å². The summed E-state index contributed by atoms with van der Waals surface area (Å²) in [6.07, 6.45) is 3.35. The standard InChI is InChI=1S/C16H20FNO3/c17-13-7-4-11(5-8-13)6-9-15(19)18-10-12-2-1-3-14(12)16(20)21/h4-5,7-8,12,14H,1-3,6,9-10H2,(H,18,19)(H,20,21). The van der Waals surface area contributed by atoms with Crippen LogP contribution in [-0.2, 0) is 16.0 Å². The fraction of sp³-hybridized carbons (Fsp3) is 0.500. The van der Waals surface area contributed by atoms with Gasteiger partial charge in [-0.2, -0.15) is 0 Å². The number of hydrogen-bond donors (Lipinski definition) is 2. The van der Waals surface area contributed by atoms with Gasteiger partial charge in [0.05, 0.1) is 5.92 Å². The lowest BCUT2D eigenvalue weighted by Gasteiger charge is -2.16. The third-order valence-corrected chi connectivity index (χ3v) is 4.09. The molecule has 1 fully saturated rings. The monoisotopic (exact) mass is 293 g/mol. The zero-order chi connectivity index (χ0) is 15.2. The molecule has 4 nitrogen and oxygen atoms in total. The Balaban J connectivity index is 1.72. The van der Waals surface area contributed by atoms with Crippen LogP contribution in [0.4, 0.5) is 4.39 Å². The summed E-state index contributed by atoms with van der Waals surface area (Å²) in [7, 11) is 0. The van der Waals surface area contributed by atoms with E-state index >= 15 is 0 Å². The summed E-state index contributed by atoms with van der Waals surface area (Å²) in [5.74, 6) is -1.43. The SMILES string of the molecule is O=C(CCc1ccc(F)cc1)NCC1CCCC1C(=O)O. The number of hydrogen-bond acceptors (Lipinski definition) is 2. The molecule has 1 aliphatic carbocycles. The molecule has 5 heteroatoms. The Morgan fingerprint density at radius 2 is 1.95 bits per heavy atom. The van der Waals surface area contributed by atoms with Gasteiger partial charge >= 0.3 is 5.97 Å². The zero-order valence-electron chi connectivity index (χ0n) is 11.8. The first kappa shape index (κ1) is 15.5. The van der Waals surface area contributed by atoms with Crippen LogP contribution < -0.4 is 5.32 Å². The lowest BCUT2D eigenvalue weighted by molar-refractivity contribution is -0.143. The minimum Gasteiger partial charge on any atom is -0.481 e. The van der Waals surface area contributed by atoms with Gasteiger partial charge in [-0.25, -0.2) is 4.39 Å². The van der Waals surface area contributed by atoms with Crippen LogP contribution in [0.25, 0.3) is 0 Å². The number of aliphatic carboxylic acids is 1. The lowest BCUT2D eigenvalue weighted by Crippen LogP contribution is -2.33. The van der Waals surface area contributed by atoms with Crippen molar-refractivity contribution in [2.45, 2.75) is 32.1 Å². The molecule has 0 radical (unpaired) electrons. The van der Waals surface area contributed by atoms with Gasteiger partial charge in [0.1, 0.15) is 5.82 Å². The summed E-state index contributed by atoms with van der Waals surface area (Å²) in [6.45, 7) is 0.430. The number of halogens is 1. The van der Waals surface area contributed by atoms with Gasteiger partial charge in [0, 0.05) is 13.0 Å². The molecule has 1 aromatic carbocycles. The number of rotatable bonds is 6. The van der Waals surface area contributed by atoms with Crippen LogP contribution >= 0.6 is 0 Å². The topological polar surface area (TPSA) is 66.4 Å². The molecule has 0 saturated heterocycles. The third kappa shape index (κ3) is 4.55. The van der Waals surface area contributed by atoms with E-state index in [1.165, 1.54) is 12.1 Å². The van der Waals surface area contributed by atoms with Crippen molar-refractivity contribution >= 4 is 11.9 Å². The van der Waals surface area contributed by atoms with Crippen molar-refractivity contribution in [1.29, 1.82) is 0 Å². The maximum Gasteiger partial charge on any atom is 0.306 e. The highest BCUT2D eigenvalue weighted by atomic mass is 19.1. The molecule has 2 N–H and O–H groups in total. The Kier molecular flexibility index (Phi) is 5.31. The van der Waals surface area contributed by atoms with Crippen molar-refractivity contribution in [3.05, 3.63) is 35.6 Å². The molecule has 114 valence electrons. The zero-order valence-corrected chi connectivity index (χ0v) is 11.8. The number of carbonyl (C=O) groups is 2. The summed E-state index contributed by atoms with van der Waals surface area (Å²) in [6, 6.07) is 6.09. The van der Waals surface area contributed by atoms with Crippen LogP contribution in [0.15, 0.2) is 24.3 Å². The summed E-state index contributed by atoms with van der Waals surface area (Å²) in [5.41, 5.74) is 0.913. The molecule has 0 aliphatic heterocycles. The quantitative estimate of drug-likeness (QED) is 0.846. The number of carboxylic acids is 1. The molecular weight excluding hydrogens is 273 g/mol. The van der Waals surface area contributed by atoms with E-state index in [2.05, 4.69) is 5.32 Å². The molecule has 0 bridgehead atoms. The maximum atomic E-state index is 12.8. The van der Waals surface area contributed by atoms with Gasteiger partial charge in [-0.1, -0.05) is 18.6 Å². The average Bonchev–Trinajstić information content (AvgIpc) is 2.93. The first-order valence-corrected chi connectivity index (χ1v) is 7.30. The highest BCUT2D eigenvalue weighted by Gasteiger charge is 2.32. The largest absolute Gasteiger partial charge is 0.481 e. The Morgan fingerprint density at radius 1 is 1.24 bits per heavy atom. The number of nitrogens with one attached hydrogen (secondary N) is 1. The van der Waals surface area contributed by atoms with Crippen LogP contribution in [-0.4, -0.2) is 23.5 Å². The predicted octanol–water partition coefficient (Wildman–Crippen LogP) is 2.38. The van der Waals surface area contributed by atoms with Crippen LogP contribution in [0.2, 0.25) is 0 Å². The minimum absolute atomic E-state index is 0.0391. The number of aryl methyl sites for hydroxylation is 1. The van der Waals surface area contributed by atoms with Crippen molar-refractivity contribution in [2.24, 2.45) is 11.8 Å². The van der Waals surface area contributed by atoms with Gasteiger partial charge in [0.15, 0.2) is 0 Å². The highest BCUT2D eigenvalue weighted by molar-refractivity contribution is 5.76. The molecule has 2 rings (SSSR count). The van der Waals surface area contributed by atoms with Gasteiger partial charge in [-0.15, -0.1) is 0 Å². The summed E-state index contributed by atoms with van der Waals surface area (Å²) < 4.78 is 12.8. The second kappa shape index (κ2) is 7.20. The molecule has 2 unspecified atom stereocenters. The average molecular weight is 293 g/mol. The summed E-state index contributed by atoms with van der Waals surface area (Å²) in [5, 5.41) is 11.9. The van der Waals surface area contributed by atoms with Crippen LogP contribution in [0.5, 0.6) is 0 Å². The maximum absolute atomic E-state index is 12.8. The first-order valence-electron chi connectivity index (χ1n) is 7.30. The lowest BCUT2D eigenvalue weighted by atomic mass is 9.96. The van der Waals surface area contributed by atoms with Gasteiger partial charge < -0.3 is 10.4 Å². The minimum atomic E-state index is -0.766. The van der Waals surface area contributed by atoms with Crippen molar-refractivity contribution < 1.29 is 19.1 Å². The number of benzene rings is 1. The fourth-order valence-electron chi connectivity index (χ4n) is 2.85. The third-order valence-electron chi connectivity index (χ3n) is 4.09. The molecule has 1 saturated carbocycles. The van der Waals surface area contributed by atoms with Crippen molar-refractivity contribution in [1.82, 2.24) is 5.32 Å². The number of amides is 1. The van der Waals surface area contributed by atoms with E-state index in [9.17, 15) is 14.0 Å². The van der Waals surface area contributed by atoms with Gasteiger partial charge in [-0.3, -0.25) is 9.59 Å². The molecule has 1 amide bonds. The molecule has 0 heterocycles. The Morgan fingerprint density at radius 3 is 2.62 bits per heavy atom. The fourth-order valence-corrected chi connectivity index (χ4v) is 2.85. The van der Waals surface area contributed by atoms with Crippen molar-refractivity contribution in [3.63, 3.8) is 0 Å². The molecule has 2 atom stereocenters. The second-order valence-corrected chi connectivity index (χ2v) is 5.57. The molecule has 21 heavy (non-hydrogen) atoms. The van der Waals surface area contributed by atoms with Crippen LogP contribution in [0.3, 0.4) is 0 Å². The number of carbonyl (C=O) groups excluding carboxylic acids is 1. The van der Waals surface area contributed by atoms with Gasteiger partial charge in [0.25, 0.3) is 0 Å². The highest BCUT2D eigenvalue weighted by Crippen LogP contribution is 2.31. The Bertz CT molecular complexity index is 501. The van der Waals surface area contributed by atoms with Crippen LogP contribution in [0.1, 0.15) is 31.2 Å². The van der Waals surface area contributed by atoms with E-state index in [1.807, 2.05) is 0 Å². The number of carboxylic acid groups (broad SMARTS) is 1. The molecule has 0 spiro atoms. The van der Waals surface area contributed by atoms with Crippen LogP contribution in [0, 0.1) is 17.7 Å². The predicted molar refractivity (Wildman–Crippen MR) is 76.2 cm³/mol. The van der Waals surface area contributed by atoms with Gasteiger partial charge in [-0.05, 0) is 42.9 Å².